The van der Waals surface area contributed by atoms with Crippen molar-refractivity contribution < 1.29 is 9.90 Å². The zero-order chi connectivity index (χ0) is 16.5. The Morgan fingerprint density at radius 1 is 1.29 bits per heavy atom. The van der Waals surface area contributed by atoms with Crippen molar-refractivity contribution in [2.75, 3.05) is 25.0 Å². The summed E-state index contributed by atoms with van der Waals surface area (Å²) in [6.45, 7) is 1.14. The van der Waals surface area contributed by atoms with E-state index in [9.17, 15) is 4.79 Å². The molecule has 0 spiro atoms. The normalized spacial score (nSPS) is 22.6. The third-order valence-electron chi connectivity index (χ3n) is 5.03. The minimum Gasteiger partial charge on any atom is -0.395 e. The fourth-order valence-corrected chi connectivity index (χ4v) is 4.60. The second kappa shape index (κ2) is 6.68. The number of aliphatic hydroxyl groups is 1. The molecule has 1 unspecified atom stereocenters. The van der Waals surface area contributed by atoms with Crippen LogP contribution in [0.4, 0.5) is 5.13 Å². The maximum atomic E-state index is 12.4. The molecular weight excluding hydrogens is 326 g/mol. The van der Waals surface area contributed by atoms with Crippen LogP contribution in [0.1, 0.15) is 50.1 Å². The van der Waals surface area contributed by atoms with Crippen LogP contribution in [0.3, 0.4) is 0 Å². The minimum atomic E-state index is -0.254. The van der Waals surface area contributed by atoms with E-state index >= 15 is 0 Å². The van der Waals surface area contributed by atoms with E-state index in [0.717, 1.165) is 35.2 Å². The molecule has 7 nitrogen and oxygen atoms in total. The van der Waals surface area contributed by atoms with Crippen LogP contribution in [0, 0.1) is 0 Å². The van der Waals surface area contributed by atoms with E-state index in [2.05, 4.69) is 10.4 Å². The van der Waals surface area contributed by atoms with Gasteiger partial charge in [0.25, 0.3) is 0 Å². The molecule has 0 radical (unpaired) electrons. The number of aromatic nitrogens is 3. The van der Waals surface area contributed by atoms with E-state index in [1.165, 1.54) is 37.0 Å². The van der Waals surface area contributed by atoms with Crippen molar-refractivity contribution in [1.29, 1.82) is 0 Å². The number of fused-ring (bicyclic) bond motifs is 1. The topological polar surface area (TPSA) is 82.8 Å². The fraction of sp³-hybridized carbons (Fsp3) is 0.688. The highest BCUT2D eigenvalue weighted by molar-refractivity contribution is 7.20. The van der Waals surface area contributed by atoms with Crippen LogP contribution < -0.4 is 5.32 Å². The predicted molar refractivity (Wildman–Crippen MR) is 92.4 cm³/mol. The number of imidazole rings is 1. The van der Waals surface area contributed by atoms with Crippen LogP contribution in [0.15, 0.2) is 6.20 Å². The van der Waals surface area contributed by atoms with Gasteiger partial charge in [0.1, 0.15) is 6.04 Å². The molecule has 0 aromatic carbocycles. The zero-order valence-electron chi connectivity index (χ0n) is 13.6. The van der Waals surface area contributed by atoms with E-state index in [4.69, 9.17) is 10.1 Å². The number of carbonyl (C=O) groups is 1. The van der Waals surface area contributed by atoms with Crippen LogP contribution in [0.5, 0.6) is 0 Å². The number of piperidine rings is 1. The summed E-state index contributed by atoms with van der Waals surface area (Å²) >= 11 is 1.50. The Morgan fingerprint density at radius 3 is 2.88 bits per heavy atom. The third-order valence-corrected chi connectivity index (χ3v) is 5.89. The Morgan fingerprint density at radius 2 is 2.12 bits per heavy atom. The van der Waals surface area contributed by atoms with Crippen LogP contribution in [-0.4, -0.2) is 56.2 Å². The number of amides is 1. The van der Waals surface area contributed by atoms with E-state index < -0.39 is 0 Å². The van der Waals surface area contributed by atoms with Gasteiger partial charge in [-0.15, -0.1) is 5.10 Å². The summed E-state index contributed by atoms with van der Waals surface area (Å²) in [6, 6.07) is -0.254. The quantitative estimate of drug-likeness (QED) is 0.861. The average Bonchev–Trinajstić information content (AvgIpc) is 3.26. The highest BCUT2D eigenvalue weighted by Crippen LogP contribution is 2.34. The summed E-state index contributed by atoms with van der Waals surface area (Å²) < 4.78 is 1.83. The molecule has 2 fully saturated rings. The summed E-state index contributed by atoms with van der Waals surface area (Å²) in [7, 11) is 0. The first-order valence-electron chi connectivity index (χ1n) is 8.77. The van der Waals surface area contributed by atoms with Gasteiger partial charge in [-0.3, -0.25) is 4.79 Å². The molecule has 1 aliphatic heterocycles. The van der Waals surface area contributed by atoms with E-state index in [1.54, 1.807) is 4.90 Å². The number of nitrogens with one attached hydrogen (secondary N) is 1. The van der Waals surface area contributed by atoms with Crippen LogP contribution >= 0.6 is 11.3 Å². The van der Waals surface area contributed by atoms with Gasteiger partial charge in [-0.05, 0) is 25.7 Å². The molecule has 8 heteroatoms. The van der Waals surface area contributed by atoms with Crippen molar-refractivity contribution in [3.63, 3.8) is 0 Å². The van der Waals surface area contributed by atoms with Crippen molar-refractivity contribution in [3.05, 3.63) is 11.9 Å². The third kappa shape index (κ3) is 3.00. The molecule has 1 aliphatic carbocycles. The minimum absolute atomic E-state index is 0.00742. The Balaban J connectivity index is 1.46. The van der Waals surface area contributed by atoms with E-state index in [0.29, 0.717) is 12.5 Å². The second-order valence-corrected chi connectivity index (χ2v) is 7.63. The van der Waals surface area contributed by atoms with Gasteiger partial charge < -0.3 is 15.3 Å². The number of carbonyl (C=O) groups excluding carboxylic acids is 1. The van der Waals surface area contributed by atoms with Crippen LogP contribution in [0.2, 0.25) is 0 Å². The van der Waals surface area contributed by atoms with Gasteiger partial charge in [0.2, 0.25) is 16.0 Å². The molecule has 1 atom stereocenters. The van der Waals surface area contributed by atoms with Gasteiger partial charge in [-0.25, -0.2) is 9.50 Å². The predicted octanol–water partition coefficient (Wildman–Crippen LogP) is 1.84. The lowest BCUT2D eigenvalue weighted by Crippen LogP contribution is -2.48. The van der Waals surface area contributed by atoms with Gasteiger partial charge in [0, 0.05) is 19.0 Å². The lowest BCUT2D eigenvalue weighted by molar-refractivity contribution is -0.134. The lowest BCUT2D eigenvalue weighted by Gasteiger charge is -2.31. The van der Waals surface area contributed by atoms with Crippen molar-refractivity contribution in [2.24, 2.45) is 0 Å². The monoisotopic (exact) mass is 349 g/mol. The number of aliphatic hydroxyl groups excluding tert-OH is 1. The van der Waals surface area contributed by atoms with E-state index in [-0.39, 0.29) is 18.6 Å². The summed E-state index contributed by atoms with van der Waals surface area (Å²) in [5.74, 6) is 0.636. The first kappa shape index (κ1) is 15.8. The first-order valence-corrected chi connectivity index (χ1v) is 9.58. The van der Waals surface area contributed by atoms with Gasteiger partial charge in [-0.1, -0.05) is 24.2 Å². The molecular formula is C16H23N5O2S. The maximum absolute atomic E-state index is 12.4. The number of hydrogen-bond donors (Lipinski definition) is 2. The van der Waals surface area contributed by atoms with Crippen LogP contribution in [0.25, 0.3) is 4.96 Å². The summed E-state index contributed by atoms with van der Waals surface area (Å²) in [6.07, 6.45) is 8.83. The van der Waals surface area contributed by atoms with Gasteiger partial charge in [-0.2, -0.15) is 0 Å². The molecule has 4 rings (SSSR count). The standard InChI is InChI=1S/C16H23N5O2S/c22-9-8-20-7-3-6-12(14(20)23)17-15-19-21-10-13(18-16(21)24-15)11-4-1-2-5-11/h10-12,22H,1-9H2,(H,17,19). The Labute approximate surface area is 144 Å². The lowest BCUT2D eigenvalue weighted by atomic mass is 10.1. The van der Waals surface area contributed by atoms with E-state index in [1.807, 2.05) is 10.7 Å². The maximum Gasteiger partial charge on any atom is 0.245 e. The first-order chi connectivity index (χ1) is 11.7. The number of rotatable bonds is 5. The van der Waals surface area contributed by atoms with Gasteiger partial charge >= 0.3 is 0 Å². The smallest absolute Gasteiger partial charge is 0.245 e. The SMILES string of the molecule is O=C1C(Nc2nn3cc(C4CCCC4)nc3s2)CCCN1CCO. The highest BCUT2D eigenvalue weighted by Gasteiger charge is 2.29. The number of hydrogen-bond acceptors (Lipinski definition) is 6. The molecule has 2 aromatic rings. The number of β-amino-alcohol motifs (C(OH)–C–C–N with tert-alkyl or cyclic N) is 1. The molecule has 3 heterocycles. The number of likely N-dealkylation sites (tertiary alicyclic amines) is 1. The molecule has 2 N–H and O–H groups in total. The van der Waals surface area contributed by atoms with Crippen molar-refractivity contribution in [1.82, 2.24) is 19.5 Å². The molecule has 2 aliphatic rings. The molecule has 1 saturated heterocycles. The average molecular weight is 349 g/mol. The molecule has 2 aromatic heterocycles. The Bertz CT molecular complexity index is 688. The Kier molecular flexibility index (Phi) is 4.41. The van der Waals surface area contributed by atoms with Crippen molar-refractivity contribution in [3.8, 4) is 0 Å². The van der Waals surface area contributed by atoms with Gasteiger partial charge in [0.15, 0.2) is 0 Å². The fourth-order valence-electron chi connectivity index (χ4n) is 3.76. The molecule has 130 valence electrons. The molecule has 1 saturated carbocycles. The molecule has 24 heavy (non-hydrogen) atoms. The summed E-state index contributed by atoms with van der Waals surface area (Å²) in [4.78, 5) is 19.7. The summed E-state index contributed by atoms with van der Waals surface area (Å²) in [5, 5.41) is 17.6. The zero-order valence-corrected chi connectivity index (χ0v) is 14.5. The highest BCUT2D eigenvalue weighted by atomic mass is 32.1. The van der Waals surface area contributed by atoms with Crippen LogP contribution in [-0.2, 0) is 4.79 Å². The van der Waals surface area contributed by atoms with Gasteiger partial charge in [0.05, 0.1) is 18.5 Å². The summed E-state index contributed by atoms with van der Waals surface area (Å²) in [5.41, 5.74) is 1.15. The molecule has 0 bridgehead atoms. The number of nitrogens with zero attached hydrogens (tertiary/aromatic N) is 4. The molecule has 1 amide bonds. The number of anilines is 1. The van der Waals surface area contributed by atoms with Crippen molar-refractivity contribution >= 4 is 27.3 Å². The largest absolute Gasteiger partial charge is 0.395 e. The Hall–Kier alpha value is -1.67. The second-order valence-electron chi connectivity index (χ2n) is 6.67. The van der Waals surface area contributed by atoms with Crippen molar-refractivity contribution in [2.45, 2.75) is 50.5 Å².